The summed E-state index contributed by atoms with van der Waals surface area (Å²) in [5, 5.41) is 15.2. The number of benzene rings is 1. The minimum absolute atomic E-state index is 0.00635. The van der Waals surface area contributed by atoms with Crippen molar-refractivity contribution in [3.05, 3.63) is 33.9 Å². The monoisotopic (exact) mass is 353 g/mol. The number of para-hydroxylation sites is 1. The highest BCUT2D eigenvalue weighted by Gasteiger charge is 2.35. The Hall–Kier alpha value is -2.35. The lowest BCUT2D eigenvalue weighted by atomic mass is 10.1. The van der Waals surface area contributed by atoms with Gasteiger partial charge in [0.1, 0.15) is 10.2 Å². The highest BCUT2D eigenvalue weighted by Crippen LogP contribution is 2.32. The highest BCUT2D eigenvalue weighted by atomic mass is 79.9. The van der Waals surface area contributed by atoms with Gasteiger partial charge in [0, 0.05) is 14.1 Å². The van der Waals surface area contributed by atoms with E-state index in [2.05, 4.69) is 26.6 Å². The van der Waals surface area contributed by atoms with E-state index in [1.54, 1.807) is 6.07 Å². The Morgan fingerprint density at radius 1 is 1.29 bits per heavy atom. The van der Waals surface area contributed by atoms with Crippen LogP contribution in [0.2, 0.25) is 0 Å². The van der Waals surface area contributed by atoms with Gasteiger partial charge in [-0.2, -0.15) is 0 Å². The number of aromatic hydroxyl groups is 1. The lowest BCUT2D eigenvalue weighted by Crippen LogP contribution is -2.27. The van der Waals surface area contributed by atoms with Gasteiger partial charge < -0.3 is 15.7 Å². The minimum Gasteiger partial charge on any atom is -0.505 e. The van der Waals surface area contributed by atoms with Gasteiger partial charge in [-0.25, -0.2) is 0 Å². The lowest BCUT2D eigenvalue weighted by Gasteiger charge is -2.12. The number of hydrogen-bond donors (Lipinski definition) is 3. The molecule has 1 aromatic carbocycles. The molecule has 7 nitrogen and oxygen atoms in total. The standard InChI is InChI=1S/C13H12BrN3O4/c1-15-11(19)6-4-3-5-7(10(6)18)16-9-8(14)12(20)17(2)13(9)21/h3-5,16,18H,1-2H3,(H,15,19). The van der Waals surface area contributed by atoms with Crippen molar-refractivity contribution in [2.75, 3.05) is 19.4 Å². The number of carbonyl (C=O) groups excluding carboxylic acids is 3. The molecule has 2 rings (SSSR count). The molecule has 0 fully saturated rings. The molecular weight excluding hydrogens is 342 g/mol. The van der Waals surface area contributed by atoms with E-state index in [1.807, 2.05) is 0 Å². The van der Waals surface area contributed by atoms with Gasteiger partial charge in [0.05, 0.1) is 11.3 Å². The zero-order valence-electron chi connectivity index (χ0n) is 11.2. The molecule has 0 radical (unpaired) electrons. The van der Waals surface area contributed by atoms with Crippen LogP contribution in [0.1, 0.15) is 10.4 Å². The first-order valence-electron chi connectivity index (χ1n) is 5.91. The number of halogens is 1. The molecule has 1 aliphatic rings. The number of imide groups is 1. The topological polar surface area (TPSA) is 98.7 Å². The molecule has 0 aliphatic carbocycles. The van der Waals surface area contributed by atoms with E-state index in [1.165, 1.54) is 26.2 Å². The van der Waals surface area contributed by atoms with Crippen LogP contribution in [0.15, 0.2) is 28.4 Å². The van der Waals surface area contributed by atoms with Crippen molar-refractivity contribution in [3.63, 3.8) is 0 Å². The number of phenolic OH excluding ortho intramolecular Hbond substituents is 1. The van der Waals surface area contributed by atoms with Crippen LogP contribution < -0.4 is 10.6 Å². The minimum atomic E-state index is -0.531. The van der Waals surface area contributed by atoms with E-state index in [4.69, 9.17) is 0 Å². The highest BCUT2D eigenvalue weighted by molar-refractivity contribution is 9.12. The van der Waals surface area contributed by atoms with Crippen LogP contribution in [0.5, 0.6) is 5.75 Å². The number of nitrogens with one attached hydrogen (secondary N) is 2. The summed E-state index contributed by atoms with van der Waals surface area (Å²) in [5.41, 5.74) is 0.218. The lowest BCUT2D eigenvalue weighted by molar-refractivity contribution is -0.135. The van der Waals surface area contributed by atoms with Gasteiger partial charge in [0.2, 0.25) is 0 Å². The smallest absolute Gasteiger partial charge is 0.278 e. The van der Waals surface area contributed by atoms with Crippen LogP contribution in [0.25, 0.3) is 0 Å². The molecule has 0 saturated heterocycles. The molecule has 1 heterocycles. The Morgan fingerprint density at radius 2 is 1.95 bits per heavy atom. The van der Waals surface area contributed by atoms with Crippen molar-refractivity contribution in [3.8, 4) is 5.75 Å². The molecule has 21 heavy (non-hydrogen) atoms. The Bertz CT molecular complexity index is 684. The predicted octanol–water partition coefficient (Wildman–Crippen LogP) is 0.769. The fraction of sp³-hybridized carbons (Fsp3) is 0.154. The van der Waals surface area contributed by atoms with E-state index >= 15 is 0 Å². The van der Waals surface area contributed by atoms with Crippen LogP contribution in [-0.2, 0) is 9.59 Å². The second kappa shape index (κ2) is 5.57. The number of likely N-dealkylation sites (N-methyl/N-ethyl adjacent to an activating group) is 1. The van der Waals surface area contributed by atoms with Gasteiger partial charge in [-0.05, 0) is 28.1 Å². The summed E-state index contributed by atoms with van der Waals surface area (Å²) in [6, 6.07) is 4.48. The third kappa shape index (κ3) is 2.49. The molecule has 0 spiro atoms. The summed E-state index contributed by atoms with van der Waals surface area (Å²) < 4.78 is 0.0692. The van der Waals surface area contributed by atoms with E-state index in [9.17, 15) is 19.5 Å². The number of hydrogen-bond acceptors (Lipinski definition) is 5. The number of carbonyl (C=O) groups is 3. The third-order valence-electron chi connectivity index (χ3n) is 3.00. The second-order valence-corrected chi connectivity index (χ2v) is 5.06. The summed E-state index contributed by atoms with van der Waals surface area (Å²) in [7, 11) is 2.79. The first-order chi connectivity index (χ1) is 9.88. The Kier molecular flexibility index (Phi) is 3.99. The van der Waals surface area contributed by atoms with E-state index in [-0.39, 0.29) is 27.2 Å². The van der Waals surface area contributed by atoms with Gasteiger partial charge >= 0.3 is 0 Å². The average Bonchev–Trinajstić information content (AvgIpc) is 2.66. The van der Waals surface area contributed by atoms with Gasteiger partial charge in [0.25, 0.3) is 17.7 Å². The second-order valence-electron chi connectivity index (χ2n) is 4.26. The number of phenols is 1. The first-order valence-corrected chi connectivity index (χ1v) is 6.71. The zero-order chi connectivity index (χ0) is 15.7. The van der Waals surface area contributed by atoms with Gasteiger partial charge in [0.15, 0.2) is 5.75 Å². The quantitative estimate of drug-likeness (QED) is 0.550. The van der Waals surface area contributed by atoms with Crippen molar-refractivity contribution in [1.29, 1.82) is 0 Å². The molecule has 0 unspecified atom stereocenters. The molecule has 3 amide bonds. The maximum Gasteiger partial charge on any atom is 0.278 e. The van der Waals surface area contributed by atoms with Crippen LogP contribution in [-0.4, -0.2) is 41.8 Å². The molecule has 1 aromatic rings. The van der Waals surface area contributed by atoms with E-state index < -0.39 is 17.7 Å². The van der Waals surface area contributed by atoms with E-state index in [0.717, 1.165) is 4.90 Å². The zero-order valence-corrected chi connectivity index (χ0v) is 12.8. The summed E-state index contributed by atoms with van der Waals surface area (Å²) in [6.45, 7) is 0. The molecule has 0 aromatic heterocycles. The van der Waals surface area contributed by atoms with Gasteiger partial charge in [-0.1, -0.05) is 6.07 Å². The number of amides is 3. The summed E-state index contributed by atoms with van der Waals surface area (Å²) in [4.78, 5) is 36.1. The maximum absolute atomic E-state index is 11.9. The van der Waals surface area contributed by atoms with Crippen LogP contribution in [0, 0.1) is 0 Å². The Balaban J connectivity index is 2.40. The molecule has 110 valence electrons. The van der Waals surface area contributed by atoms with Crippen molar-refractivity contribution in [2.24, 2.45) is 0 Å². The fourth-order valence-corrected chi connectivity index (χ4v) is 2.35. The predicted molar refractivity (Wildman–Crippen MR) is 78.8 cm³/mol. The van der Waals surface area contributed by atoms with Crippen molar-refractivity contribution >= 4 is 39.3 Å². The normalized spacial score (nSPS) is 14.7. The van der Waals surface area contributed by atoms with Crippen LogP contribution in [0.3, 0.4) is 0 Å². The van der Waals surface area contributed by atoms with Crippen LogP contribution >= 0.6 is 15.9 Å². The first kappa shape index (κ1) is 15.0. The maximum atomic E-state index is 11.9. The number of nitrogens with zero attached hydrogens (tertiary/aromatic N) is 1. The molecule has 1 aliphatic heterocycles. The van der Waals surface area contributed by atoms with E-state index in [0.29, 0.717) is 0 Å². The molecule has 3 N–H and O–H groups in total. The number of anilines is 1. The Labute approximate surface area is 128 Å². The molecule has 8 heteroatoms. The molecule has 0 saturated carbocycles. The molecule has 0 bridgehead atoms. The summed E-state index contributed by atoms with van der Waals surface area (Å²) in [6.07, 6.45) is 0. The van der Waals surface area contributed by atoms with Gasteiger partial charge in [-0.15, -0.1) is 0 Å². The summed E-state index contributed by atoms with van der Waals surface area (Å²) in [5.74, 6) is -1.78. The van der Waals surface area contributed by atoms with Crippen molar-refractivity contribution in [1.82, 2.24) is 10.2 Å². The Morgan fingerprint density at radius 3 is 2.48 bits per heavy atom. The van der Waals surface area contributed by atoms with Crippen molar-refractivity contribution < 1.29 is 19.5 Å². The fourth-order valence-electron chi connectivity index (χ4n) is 1.81. The SMILES string of the molecule is CNC(=O)c1cccc(NC2=C(Br)C(=O)N(C)C2=O)c1O. The number of rotatable bonds is 3. The molecular formula is C13H12BrN3O4. The molecule has 0 atom stereocenters. The van der Waals surface area contributed by atoms with Crippen molar-refractivity contribution in [2.45, 2.75) is 0 Å². The average molecular weight is 354 g/mol. The largest absolute Gasteiger partial charge is 0.505 e. The summed E-state index contributed by atoms with van der Waals surface area (Å²) >= 11 is 3.04. The third-order valence-corrected chi connectivity index (χ3v) is 3.73. The van der Waals surface area contributed by atoms with Crippen LogP contribution in [0.4, 0.5) is 5.69 Å². The van der Waals surface area contributed by atoms with Gasteiger partial charge in [-0.3, -0.25) is 19.3 Å².